The van der Waals surface area contributed by atoms with Crippen molar-refractivity contribution >= 4 is 34.3 Å². The van der Waals surface area contributed by atoms with Crippen molar-refractivity contribution in [1.29, 1.82) is 0 Å². The van der Waals surface area contributed by atoms with E-state index in [0.717, 1.165) is 10.9 Å². The summed E-state index contributed by atoms with van der Waals surface area (Å²) < 4.78 is 14.7. The normalized spacial score (nSPS) is 25.7. The van der Waals surface area contributed by atoms with Crippen LogP contribution in [0.5, 0.6) is 0 Å². The molecule has 0 radical (unpaired) electrons. The highest BCUT2D eigenvalue weighted by Crippen LogP contribution is 2.31. The van der Waals surface area contributed by atoms with Gasteiger partial charge in [-0.25, -0.2) is 14.4 Å². The number of aliphatic hydroxyl groups is 2. The zero-order valence-electron chi connectivity index (χ0n) is 21.1. The van der Waals surface area contributed by atoms with Gasteiger partial charge in [0.25, 0.3) is 5.91 Å². The molecule has 11 heteroatoms. The van der Waals surface area contributed by atoms with Crippen LogP contribution in [0.3, 0.4) is 0 Å². The molecule has 10 nitrogen and oxygen atoms in total. The topological polar surface area (TPSA) is 136 Å². The van der Waals surface area contributed by atoms with Gasteiger partial charge in [0.2, 0.25) is 5.95 Å². The number of nitrogens with one attached hydrogen (secondary N) is 2. The number of aromatic nitrogens is 4. The number of hydrogen-bond donors (Lipinski definition) is 4. The fraction of sp³-hybridized carbons (Fsp3) is 0.500. The Balaban J connectivity index is 1.41. The molecule has 3 aromatic rings. The van der Waals surface area contributed by atoms with E-state index in [-0.39, 0.29) is 30.5 Å². The van der Waals surface area contributed by atoms with E-state index in [1.54, 1.807) is 29.6 Å². The van der Waals surface area contributed by atoms with Crippen LogP contribution >= 0.6 is 0 Å². The van der Waals surface area contributed by atoms with Gasteiger partial charge in [-0.05, 0) is 55.2 Å². The molecule has 1 saturated heterocycles. The highest BCUT2D eigenvalue weighted by atomic mass is 19.1. The monoisotopic (exact) mass is 509 g/mol. The molecule has 1 saturated carbocycles. The molecule has 4 N–H and O–H groups in total. The molecule has 5 rings (SSSR count). The predicted molar refractivity (Wildman–Crippen MR) is 138 cm³/mol. The van der Waals surface area contributed by atoms with E-state index in [9.17, 15) is 19.4 Å². The Morgan fingerprint density at radius 2 is 1.95 bits per heavy atom. The molecule has 4 heterocycles. The molecule has 0 unspecified atom stereocenters. The summed E-state index contributed by atoms with van der Waals surface area (Å²) in [5, 5.41) is 27.1. The SMILES string of the molecule is CC(C)c1cnc(C(=O)NC2CC(O)C2)c2cnc(Nc3ccnc(N4CC[C@@H](O)[C@@](C)(F)C4)n3)cc12. The molecule has 1 aliphatic heterocycles. The number of fused-ring (bicyclic) bond motifs is 1. The van der Waals surface area contributed by atoms with Gasteiger partial charge in [-0.15, -0.1) is 0 Å². The molecule has 0 bridgehead atoms. The summed E-state index contributed by atoms with van der Waals surface area (Å²) in [5.74, 6) is 1.27. The van der Waals surface area contributed by atoms with E-state index in [2.05, 4.69) is 44.4 Å². The molecular formula is C26H32FN7O3. The average molecular weight is 510 g/mol. The number of anilines is 3. The Bertz CT molecular complexity index is 1310. The van der Waals surface area contributed by atoms with Gasteiger partial charge in [-0.1, -0.05) is 13.8 Å². The molecule has 2 fully saturated rings. The van der Waals surface area contributed by atoms with Gasteiger partial charge in [0.15, 0.2) is 5.67 Å². The number of aliphatic hydroxyl groups excluding tert-OH is 2. The van der Waals surface area contributed by atoms with Crippen LogP contribution in [0.25, 0.3) is 10.8 Å². The maximum Gasteiger partial charge on any atom is 0.270 e. The van der Waals surface area contributed by atoms with Crippen LogP contribution < -0.4 is 15.5 Å². The van der Waals surface area contributed by atoms with Gasteiger partial charge >= 0.3 is 0 Å². The minimum atomic E-state index is -1.74. The number of hydrogen-bond acceptors (Lipinski definition) is 9. The number of carbonyl (C=O) groups excluding carboxylic acids is 1. The third kappa shape index (κ3) is 5.19. The summed E-state index contributed by atoms with van der Waals surface area (Å²) >= 11 is 0. The van der Waals surface area contributed by atoms with Gasteiger partial charge < -0.3 is 25.7 Å². The van der Waals surface area contributed by atoms with E-state index in [0.29, 0.717) is 54.5 Å². The Kier molecular flexibility index (Phi) is 6.67. The second-order valence-electron chi connectivity index (χ2n) is 10.5. The number of rotatable bonds is 6. The predicted octanol–water partition coefficient (Wildman–Crippen LogP) is 2.84. The van der Waals surface area contributed by atoms with E-state index in [4.69, 9.17) is 0 Å². The zero-order valence-corrected chi connectivity index (χ0v) is 21.1. The summed E-state index contributed by atoms with van der Waals surface area (Å²) in [6, 6.07) is 3.52. The smallest absolute Gasteiger partial charge is 0.270 e. The number of piperidine rings is 1. The molecule has 2 atom stereocenters. The first-order valence-electron chi connectivity index (χ1n) is 12.6. The fourth-order valence-electron chi connectivity index (χ4n) is 4.83. The Morgan fingerprint density at radius 1 is 1.16 bits per heavy atom. The van der Waals surface area contributed by atoms with Crippen LogP contribution in [0.4, 0.5) is 22.0 Å². The van der Waals surface area contributed by atoms with Crippen molar-refractivity contribution in [3.05, 3.63) is 42.0 Å². The maximum absolute atomic E-state index is 14.7. The molecule has 1 aliphatic carbocycles. The van der Waals surface area contributed by atoms with Gasteiger partial charge in [0.05, 0.1) is 18.8 Å². The number of halogens is 1. The molecule has 0 spiro atoms. The molecule has 2 aliphatic rings. The molecular weight excluding hydrogens is 477 g/mol. The number of pyridine rings is 2. The second kappa shape index (κ2) is 9.79. The second-order valence-corrected chi connectivity index (χ2v) is 10.5. The van der Waals surface area contributed by atoms with Crippen molar-refractivity contribution in [3.63, 3.8) is 0 Å². The lowest BCUT2D eigenvalue weighted by Gasteiger charge is -2.38. The number of alkyl halides is 1. The fourth-order valence-corrected chi connectivity index (χ4v) is 4.83. The van der Waals surface area contributed by atoms with Crippen LogP contribution in [0.1, 0.15) is 62.0 Å². The van der Waals surface area contributed by atoms with Crippen molar-refractivity contribution in [1.82, 2.24) is 25.3 Å². The number of nitrogens with zero attached hydrogens (tertiary/aromatic N) is 5. The van der Waals surface area contributed by atoms with Crippen LogP contribution in [0.2, 0.25) is 0 Å². The standard InChI is InChI=1S/C26H32FN7O3/c1-14(2)18-11-30-23(24(37)31-15-8-16(35)9-15)19-12-29-22(10-17(18)19)32-21-4-6-28-25(33-21)34-7-5-20(36)26(3,27)13-34/h4,6,10-12,14-16,20,35-36H,5,7-9,13H2,1-3H3,(H,31,37)(H,28,29,32,33)/t15?,16?,20-,26+/m1/s1. The first kappa shape index (κ1) is 25.2. The Labute approximate surface area is 214 Å². The summed E-state index contributed by atoms with van der Waals surface area (Å²) in [6.07, 6.45) is 4.96. The van der Waals surface area contributed by atoms with Crippen molar-refractivity contribution < 1.29 is 19.4 Å². The quantitative estimate of drug-likeness (QED) is 0.395. The van der Waals surface area contributed by atoms with E-state index < -0.39 is 11.8 Å². The summed E-state index contributed by atoms with van der Waals surface area (Å²) in [5.41, 5.74) is -0.464. The first-order chi connectivity index (χ1) is 17.6. The molecule has 196 valence electrons. The highest BCUT2D eigenvalue weighted by Gasteiger charge is 2.39. The maximum atomic E-state index is 14.7. The number of amides is 1. The van der Waals surface area contributed by atoms with E-state index in [1.165, 1.54) is 6.92 Å². The van der Waals surface area contributed by atoms with Crippen molar-refractivity contribution in [2.75, 3.05) is 23.3 Å². The summed E-state index contributed by atoms with van der Waals surface area (Å²) in [7, 11) is 0. The van der Waals surface area contributed by atoms with E-state index in [1.807, 2.05) is 6.07 Å². The lowest BCUT2D eigenvalue weighted by molar-refractivity contribution is -0.00860. The van der Waals surface area contributed by atoms with Crippen LogP contribution in [-0.4, -0.2) is 73.1 Å². The lowest BCUT2D eigenvalue weighted by atomic mass is 9.89. The number of carbonyl (C=O) groups is 1. The van der Waals surface area contributed by atoms with Gasteiger partial charge in [-0.3, -0.25) is 9.78 Å². The lowest BCUT2D eigenvalue weighted by Crippen LogP contribution is -2.52. The van der Waals surface area contributed by atoms with Crippen molar-refractivity contribution in [2.45, 2.75) is 69.9 Å². The van der Waals surface area contributed by atoms with Crippen molar-refractivity contribution in [3.8, 4) is 0 Å². The van der Waals surface area contributed by atoms with Gasteiger partial charge in [0, 0.05) is 36.6 Å². The van der Waals surface area contributed by atoms with Crippen molar-refractivity contribution in [2.24, 2.45) is 0 Å². The third-order valence-electron chi connectivity index (χ3n) is 7.14. The summed E-state index contributed by atoms with van der Waals surface area (Å²) in [4.78, 5) is 32.4. The average Bonchev–Trinajstić information content (AvgIpc) is 2.84. The largest absolute Gasteiger partial charge is 0.393 e. The van der Waals surface area contributed by atoms with Crippen LogP contribution in [0, 0.1) is 0 Å². The van der Waals surface area contributed by atoms with Crippen LogP contribution in [-0.2, 0) is 0 Å². The first-order valence-corrected chi connectivity index (χ1v) is 12.6. The van der Waals surface area contributed by atoms with E-state index >= 15 is 0 Å². The van der Waals surface area contributed by atoms with Gasteiger partial charge in [0.1, 0.15) is 17.3 Å². The molecule has 0 aromatic carbocycles. The molecule has 37 heavy (non-hydrogen) atoms. The Morgan fingerprint density at radius 3 is 2.65 bits per heavy atom. The highest BCUT2D eigenvalue weighted by molar-refractivity contribution is 6.06. The van der Waals surface area contributed by atoms with Gasteiger partial charge in [-0.2, -0.15) is 4.98 Å². The minimum Gasteiger partial charge on any atom is -0.393 e. The summed E-state index contributed by atoms with van der Waals surface area (Å²) in [6.45, 7) is 5.96. The van der Waals surface area contributed by atoms with Crippen LogP contribution in [0.15, 0.2) is 30.7 Å². The molecule has 1 amide bonds. The molecule has 3 aromatic heterocycles. The minimum absolute atomic E-state index is 0.00124. The Hall–Kier alpha value is -3.44. The zero-order chi connectivity index (χ0) is 26.3. The third-order valence-corrected chi connectivity index (χ3v) is 7.14.